The molecule has 2 fully saturated rings. The largest absolute Gasteiger partial charge is 0.379 e. The molecule has 5 nitrogen and oxygen atoms in total. The molecule has 0 saturated carbocycles. The highest BCUT2D eigenvalue weighted by Crippen LogP contribution is 2.31. The fourth-order valence-electron chi connectivity index (χ4n) is 3.09. The molecule has 2 rings (SSSR count). The van der Waals surface area contributed by atoms with Gasteiger partial charge in [-0.1, -0.05) is 13.8 Å². The molecule has 0 radical (unpaired) electrons. The van der Waals surface area contributed by atoms with Crippen LogP contribution in [0.3, 0.4) is 0 Å². The molecule has 108 valence electrons. The van der Waals surface area contributed by atoms with Crippen LogP contribution in [0.5, 0.6) is 0 Å². The maximum Gasteiger partial charge on any atom is 0.246 e. The fraction of sp³-hybridized carbons (Fsp3) is 0.857. The summed E-state index contributed by atoms with van der Waals surface area (Å²) < 4.78 is 5.54. The van der Waals surface area contributed by atoms with Crippen LogP contribution >= 0.6 is 0 Å². The van der Waals surface area contributed by atoms with Crippen LogP contribution < -0.4 is 5.32 Å². The van der Waals surface area contributed by atoms with E-state index in [0.29, 0.717) is 6.61 Å². The molecule has 2 amide bonds. The van der Waals surface area contributed by atoms with Gasteiger partial charge in [0.2, 0.25) is 11.8 Å². The van der Waals surface area contributed by atoms with Crippen molar-refractivity contribution in [2.24, 2.45) is 5.92 Å². The van der Waals surface area contributed by atoms with Gasteiger partial charge in [0.15, 0.2) is 0 Å². The summed E-state index contributed by atoms with van der Waals surface area (Å²) >= 11 is 0. The lowest BCUT2D eigenvalue weighted by molar-refractivity contribution is -0.163. The fourth-order valence-corrected chi connectivity index (χ4v) is 3.09. The number of carbonyl (C=O) groups excluding carboxylic acids is 2. The number of carbonyl (C=O) groups is 2. The summed E-state index contributed by atoms with van der Waals surface area (Å²) in [6.07, 6.45) is 1.82. The van der Waals surface area contributed by atoms with Gasteiger partial charge in [0.1, 0.15) is 12.1 Å². The van der Waals surface area contributed by atoms with Gasteiger partial charge >= 0.3 is 0 Å². The Labute approximate surface area is 114 Å². The van der Waals surface area contributed by atoms with E-state index in [2.05, 4.69) is 5.32 Å². The second-order valence-electron chi connectivity index (χ2n) is 6.27. The molecule has 3 unspecified atom stereocenters. The minimum absolute atomic E-state index is 0.0232. The lowest BCUT2D eigenvalue weighted by atomic mass is 9.87. The third-order valence-electron chi connectivity index (χ3n) is 4.23. The normalized spacial score (nSPS) is 36.6. The zero-order valence-corrected chi connectivity index (χ0v) is 12.2. The molecule has 2 saturated heterocycles. The first-order valence-electron chi connectivity index (χ1n) is 7.08. The Kier molecular flexibility index (Phi) is 3.85. The molecule has 0 bridgehead atoms. The van der Waals surface area contributed by atoms with Crippen molar-refractivity contribution >= 4 is 11.8 Å². The van der Waals surface area contributed by atoms with Crippen LogP contribution in [-0.4, -0.2) is 47.6 Å². The molecule has 0 aromatic carbocycles. The van der Waals surface area contributed by atoms with E-state index in [9.17, 15) is 9.59 Å². The molecule has 5 heteroatoms. The molecule has 19 heavy (non-hydrogen) atoms. The van der Waals surface area contributed by atoms with E-state index >= 15 is 0 Å². The highest BCUT2D eigenvalue weighted by atomic mass is 16.5. The van der Waals surface area contributed by atoms with Gasteiger partial charge in [0.05, 0.1) is 12.1 Å². The number of rotatable bonds is 2. The van der Waals surface area contributed by atoms with E-state index < -0.39 is 12.1 Å². The Bertz CT molecular complexity index is 375. The summed E-state index contributed by atoms with van der Waals surface area (Å²) in [5.41, 5.74) is -0.361. The minimum Gasteiger partial charge on any atom is -0.379 e. The predicted molar refractivity (Wildman–Crippen MR) is 71.5 cm³/mol. The Morgan fingerprint density at radius 1 is 1.42 bits per heavy atom. The van der Waals surface area contributed by atoms with Gasteiger partial charge < -0.3 is 15.0 Å². The first-order valence-corrected chi connectivity index (χ1v) is 7.08. The molecular weight excluding hydrogens is 244 g/mol. The first kappa shape index (κ1) is 14.3. The topological polar surface area (TPSA) is 58.6 Å². The molecule has 2 aliphatic rings. The molecule has 0 aromatic rings. The lowest BCUT2D eigenvalue weighted by Gasteiger charge is -2.50. The Morgan fingerprint density at radius 2 is 2.11 bits per heavy atom. The van der Waals surface area contributed by atoms with E-state index in [1.54, 1.807) is 11.8 Å². The smallest absolute Gasteiger partial charge is 0.246 e. The SMILES string of the molecule is CC(C)C1NC(=O)C(C)N(C2(C)CCCOC2)C1=O. The number of nitrogens with zero attached hydrogens (tertiary/aromatic N) is 1. The number of hydrogen-bond donors (Lipinski definition) is 1. The quantitative estimate of drug-likeness (QED) is 0.810. The van der Waals surface area contributed by atoms with Crippen LogP contribution in [0.25, 0.3) is 0 Å². The minimum atomic E-state index is -0.422. The van der Waals surface area contributed by atoms with Gasteiger partial charge in [-0.2, -0.15) is 0 Å². The van der Waals surface area contributed by atoms with Gasteiger partial charge in [-0.15, -0.1) is 0 Å². The third-order valence-corrected chi connectivity index (χ3v) is 4.23. The van der Waals surface area contributed by atoms with Crippen molar-refractivity contribution in [1.82, 2.24) is 10.2 Å². The summed E-state index contributed by atoms with van der Waals surface area (Å²) in [5, 5.41) is 2.83. The molecule has 2 heterocycles. The van der Waals surface area contributed by atoms with Crippen molar-refractivity contribution in [3.05, 3.63) is 0 Å². The van der Waals surface area contributed by atoms with Crippen molar-refractivity contribution in [2.75, 3.05) is 13.2 Å². The van der Waals surface area contributed by atoms with Crippen molar-refractivity contribution in [1.29, 1.82) is 0 Å². The molecular formula is C14H24N2O3. The van der Waals surface area contributed by atoms with Crippen LogP contribution in [0, 0.1) is 5.92 Å². The van der Waals surface area contributed by atoms with Crippen molar-refractivity contribution < 1.29 is 14.3 Å². The van der Waals surface area contributed by atoms with Crippen LogP contribution in [0.4, 0.5) is 0 Å². The summed E-state index contributed by atoms with van der Waals surface area (Å²) in [4.78, 5) is 26.5. The van der Waals surface area contributed by atoms with Crippen molar-refractivity contribution in [3.63, 3.8) is 0 Å². The first-order chi connectivity index (χ1) is 8.87. The van der Waals surface area contributed by atoms with E-state index in [1.165, 1.54) is 0 Å². The zero-order chi connectivity index (χ0) is 14.2. The molecule has 0 aliphatic carbocycles. The van der Waals surface area contributed by atoms with Crippen LogP contribution in [-0.2, 0) is 14.3 Å². The number of piperazine rings is 1. The van der Waals surface area contributed by atoms with E-state index in [0.717, 1.165) is 19.4 Å². The Hall–Kier alpha value is -1.10. The maximum atomic E-state index is 12.7. The number of hydrogen-bond acceptors (Lipinski definition) is 3. The molecule has 0 aromatic heterocycles. The highest BCUT2D eigenvalue weighted by Gasteiger charge is 2.48. The van der Waals surface area contributed by atoms with E-state index in [-0.39, 0.29) is 23.3 Å². The number of ether oxygens (including phenoxy) is 1. The average molecular weight is 268 g/mol. The molecule has 3 atom stereocenters. The Morgan fingerprint density at radius 3 is 2.63 bits per heavy atom. The standard InChI is InChI=1S/C14H24N2O3/c1-9(2)11-13(18)16(10(3)12(17)15-11)14(4)6-5-7-19-8-14/h9-11H,5-8H2,1-4H3,(H,15,17). The van der Waals surface area contributed by atoms with Crippen LogP contribution in [0.1, 0.15) is 40.5 Å². The zero-order valence-electron chi connectivity index (χ0n) is 12.2. The van der Waals surface area contributed by atoms with Gasteiger partial charge in [-0.05, 0) is 32.6 Å². The summed E-state index contributed by atoms with van der Waals surface area (Å²) in [7, 11) is 0. The second kappa shape index (κ2) is 5.12. The summed E-state index contributed by atoms with van der Waals surface area (Å²) in [6, 6.07) is -0.836. The van der Waals surface area contributed by atoms with Crippen LogP contribution in [0.15, 0.2) is 0 Å². The van der Waals surface area contributed by atoms with E-state index in [4.69, 9.17) is 4.74 Å². The van der Waals surface area contributed by atoms with Gasteiger partial charge in [-0.3, -0.25) is 9.59 Å². The number of nitrogens with one attached hydrogen (secondary N) is 1. The van der Waals surface area contributed by atoms with Crippen molar-refractivity contribution in [3.8, 4) is 0 Å². The van der Waals surface area contributed by atoms with Gasteiger partial charge in [0, 0.05) is 6.61 Å². The summed E-state index contributed by atoms with van der Waals surface area (Å²) in [5.74, 6) is 0.0553. The van der Waals surface area contributed by atoms with Gasteiger partial charge in [-0.25, -0.2) is 0 Å². The van der Waals surface area contributed by atoms with E-state index in [1.807, 2.05) is 20.8 Å². The Balaban J connectivity index is 2.29. The average Bonchev–Trinajstić information content (AvgIpc) is 2.34. The monoisotopic (exact) mass is 268 g/mol. The lowest BCUT2D eigenvalue weighted by Crippen LogP contribution is -2.70. The third kappa shape index (κ3) is 2.48. The molecule has 1 N–H and O–H groups in total. The molecule has 0 spiro atoms. The van der Waals surface area contributed by atoms with Crippen LogP contribution in [0.2, 0.25) is 0 Å². The maximum absolute atomic E-state index is 12.7. The predicted octanol–water partition coefficient (Wildman–Crippen LogP) is 0.927. The summed E-state index contributed by atoms with van der Waals surface area (Å²) in [6.45, 7) is 8.99. The highest BCUT2D eigenvalue weighted by molar-refractivity contribution is 5.97. The van der Waals surface area contributed by atoms with Crippen molar-refractivity contribution in [2.45, 2.75) is 58.2 Å². The molecule has 2 aliphatic heterocycles. The number of amides is 2. The van der Waals surface area contributed by atoms with Gasteiger partial charge in [0.25, 0.3) is 0 Å². The second-order valence-corrected chi connectivity index (χ2v) is 6.27.